The van der Waals surface area contributed by atoms with Gasteiger partial charge < -0.3 is 15.3 Å². The lowest BCUT2D eigenvalue weighted by Crippen LogP contribution is -2.35. The van der Waals surface area contributed by atoms with Crippen LogP contribution in [0.3, 0.4) is 0 Å². The summed E-state index contributed by atoms with van der Waals surface area (Å²) >= 11 is 2.70. The first-order valence-electron chi connectivity index (χ1n) is 10.3. The fraction of sp³-hybridized carbons (Fsp3) is 0.292. The number of rotatable bonds is 4. The second-order valence-corrected chi connectivity index (χ2v) is 10.7. The molecule has 4 rings (SSSR count). The van der Waals surface area contributed by atoms with Gasteiger partial charge in [0.25, 0.3) is 11.8 Å². The van der Waals surface area contributed by atoms with E-state index in [0.717, 1.165) is 10.4 Å². The lowest BCUT2D eigenvalue weighted by molar-refractivity contribution is 0.0696. The van der Waals surface area contributed by atoms with Gasteiger partial charge in [0, 0.05) is 22.4 Å². The Labute approximate surface area is 194 Å². The van der Waals surface area contributed by atoms with Crippen LogP contribution in [0, 0.1) is 0 Å². The second kappa shape index (κ2) is 8.52. The third-order valence-corrected chi connectivity index (χ3v) is 7.38. The number of nitrogens with one attached hydrogen (secondary N) is 1. The number of aromatic carboxylic acids is 1. The van der Waals surface area contributed by atoms with E-state index in [4.69, 9.17) is 0 Å². The van der Waals surface area contributed by atoms with Crippen molar-refractivity contribution in [2.45, 2.75) is 39.2 Å². The van der Waals surface area contributed by atoms with Gasteiger partial charge >= 0.3 is 5.97 Å². The Hall–Kier alpha value is -2.97. The Bertz CT molecular complexity index is 1170. The molecule has 0 saturated carbocycles. The van der Waals surface area contributed by atoms with E-state index in [2.05, 4.69) is 26.1 Å². The van der Waals surface area contributed by atoms with Crippen LogP contribution in [0.15, 0.2) is 41.1 Å². The summed E-state index contributed by atoms with van der Waals surface area (Å²) in [5.74, 6) is -1.48. The highest BCUT2D eigenvalue weighted by Gasteiger charge is 2.31. The van der Waals surface area contributed by atoms with Crippen molar-refractivity contribution in [2.75, 3.05) is 11.9 Å². The van der Waals surface area contributed by atoms with E-state index in [1.54, 1.807) is 23.1 Å². The summed E-state index contributed by atoms with van der Waals surface area (Å²) in [4.78, 5) is 40.1. The van der Waals surface area contributed by atoms with Gasteiger partial charge in [-0.2, -0.15) is 11.3 Å². The largest absolute Gasteiger partial charge is 0.478 e. The predicted octanol–water partition coefficient (Wildman–Crippen LogP) is 5.26. The Kier molecular flexibility index (Phi) is 5.92. The fourth-order valence-corrected chi connectivity index (χ4v) is 5.64. The van der Waals surface area contributed by atoms with Gasteiger partial charge in [-0.15, -0.1) is 11.3 Å². The second-order valence-electron chi connectivity index (χ2n) is 8.78. The van der Waals surface area contributed by atoms with E-state index < -0.39 is 5.97 Å². The lowest BCUT2D eigenvalue weighted by Gasteiger charge is -2.26. The zero-order valence-corrected chi connectivity index (χ0v) is 19.7. The van der Waals surface area contributed by atoms with Crippen LogP contribution in [0.2, 0.25) is 0 Å². The van der Waals surface area contributed by atoms with E-state index in [9.17, 15) is 19.5 Å². The zero-order valence-electron chi connectivity index (χ0n) is 18.1. The smallest absolute Gasteiger partial charge is 0.339 e. The molecule has 0 radical (unpaired) electrons. The van der Waals surface area contributed by atoms with Gasteiger partial charge in [0.1, 0.15) is 5.00 Å². The van der Waals surface area contributed by atoms with Crippen molar-refractivity contribution in [3.63, 3.8) is 0 Å². The third kappa shape index (κ3) is 4.33. The molecule has 8 heteroatoms. The minimum absolute atomic E-state index is 0.0232. The zero-order chi connectivity index (χ0) is 23.0. The molecule has 0 saturated heterocycles. The van der Waals surface area contributed by atoms with Gasteiger partial charge in [0.15, 0.2) is 0 Å². The molecule has 166 valence electrons. The van der Waals surface area contributed by atoms with E-state index in [1.165, 1.54) is 22.7 Å². The summed E-state index contributed by atoms with van der Waals surface area (Å²) in [6.07, 6.45) is 0.444. The van der Waals surface area contributed by atoms with Gasteiger partial charge in [-0.1, -0.05) is 32.9 Å². The first kappa shape index (κ1) is 22.2. The number of benzene rings is 1. The summed E-state index contributed by atoms with van der Waals surface area (Å²) in [7, 11) is 0. The van der Waals surface area contributed by atoms with Gasteiger partial charge in [0.2, 0.25) is 0 Å². The number of carbonyl (C=O) groups is 3. The minimum atomic E-state index is -1.07. The van der Waals surface area contributed by atoms with Crippen molar-refractivity contribution in [1.82, 2.24) is 4.90 Å². The topological polar surface area (TPSA) is 86.7 Å². The molecule has 3 aromatic rings. The number of nitrogens with zero attached hydrogens (tertiary/aromatic N) is 1. The first-order valence-corrected chi connectivity index (χ1v) is 12.0. The van der Waals surface area contributed by atoms with Crippen LogP contribution in [-0.2, 0) is 18.4 Å². The number of carboxylic acids is 1. The molecule has 0 unspecified atom stereocenters. The van der Waals surface area contributed by atoms with Gasteiger partial charge in [-0.25, -0.2) is 4.79 Å². The van der Waals surface area contributed by atoms with Crippen LogP contribution in [0.25, 0.3) is 0 Å². The molecule has 1 aliphatic heterocycles. The third-order valence-electron chi connectivity index (χ3n) is 5.57. The number of anilines is 1. The van der Waals surface area contributed by atoms with Crippen molar-refractivity contribution in [2.24, 2.45) is 0 Å². The van der Waals surface area contributed by atoms with Crippen LogP contribution >= 0.6 is 22.7 Å². The van der Waals surface area contributed by atoms with Gasteiger partial charge in [0.05, 0.1) is 17.7 Å². The molecule has 2 aromatic heterocycles. The van der Waals surface area contributed by atoms with Crippen molar-refractivity contribution in [3.05, 3.63) is 73.8 Å². The molecule has 2 amide bonds. The molecule has 2 N–H and O–H groups in total. The number of carboxylic acid groups (broad SMARTS) is 1. The molecule has 0 fully saturated rings. The predicted molar refractivity (Wildman–Crippen MR) is 127 cm³/mol. The minimum Gasteiger partial charge on any atom is -0.478 e. The molecular weight excluding hydrogens is 444 g/mol. The SMILES string of the molecule is CC(C)(C)c1ccc(C(=O)Nc2sc3c(c2C(=O)O)CCN(C(=O)c2ccsc2)C3)cc1. The van der Waals surface area contributed by atoms with Crippen LogP contribution in [0.4, 0.5) is 5.00 Å². The summed E-state index contributed by atoms with van der Waals surface area (Å²) in [6.45, 7) is 7.09. The summed E-state index contributed by atoms with van der Waals surface area (Å²) in [6, 6.07) is 9.13. The number of thiophene rings is 2. The highest BCUT2D eigenvalue weighted by molar-refractivity contribution is 7.17. The number of hydrogen-bond acceptors (Lipinski definition) is 5. The van der Waals surface area contributed by atoms with E-state index in [1.807, 2.05) is 22.9 Å². The monoisotopic (exact) mass is 468 g/mol. The van der Waals surface area contributed by atoms with E-state index >= 15 is 0 Å². The maximum absolute atomic E-state index is 12.8. The molecule has 6 nitrogen and oxygen atoms in total. The number of hydrogen-bond donors (Lipinski definition) is 2. The molecule has 1 aromatic carbocycles. The number of amides is 2. The standard InChI is InChI=1S/C24H24N2O4S2/c1-24(2,3)16-6-4-14(5-7-16)20(27)25-21-19(23(29)30)17-8-10-26(12-18(17)32-21)22(28)15-9-11-31-13-15/h4-7,9,11,13H,8,10,12H2,1-3H3,(H,25,27)(H,29,30). The molecular formula is C24H24N2O4S2. The van der Waals surface area contributed by atoms with Crippen molar-refractivity contribution in [1.29, 1.82) is 0 Å². The Morgan fingerprint density at radius 2 is 1.78 bits per heavy atom. The quantitative estimate of drug-likeness (QED) is 0.547. The average molecular weight is 469 g/mol. The maximum Gasteiger partial charge on any atom is 0.339 e. The highest BCUT2D eigenvalue weighted by atomic mass is 32.1. The maximum atomic E-state index is 12.8. The molecule has 3 heterocycles. The molecule has 32 heavy (non-hydrogen) atoms. The number of fused-ring (bicyclic) bond motifs is 1. The fourth-order valence-electron chi connectivity index (χ4n) is 3.76. The summed E-state index contributed by atoms with van der Waals surface area (Å²) in [5, 5.41) is 16.6. The van der Waals surface area contributed by atoms with Crippen molar-refractivity contribution < 1.29 is 19.5 Å². The first-order chi connectivity index (χ1) is 15.1. The average Bonchev–Trinajstić information content (AvgIpc) is 3.40. The van der Waals surface area contributed by atoms with Crippen LogP contribution in [0.1, 0.15) is 67.8 Å². The van der Waals surface area contributed by atoms with E-state index in [-0.39, 0.29) is 22.8 Å². The lowest BCUT2D eigenvalue weighted by atomic mass is 9.87. The van der Waals surface area contributed by atoms with Crippen molar-refractivity contribution >= 4 is 45.5 Å². The number of carbonyl (C=O) groups excluding carboxylic acids is 2. The molecule has 0 aliphatic carbocycles. The summed E-state index contributed by atoms with van der Waals surface area (Å²) < 4.78 is 0. The van der Waals surface area contributed by atoms with Crippen molar-refractivity contribution in [3.8, 4) is 0 Å². The highest BCUT2D eigenvalue weighted by Crippen LogP contribution is 2.38. The molecule has 0 spiro atoms. The van der Waals surface area contributed by atoms with Crippen LogP contribution < -0.4 is 5.32 Å². The summed E-state index contributed by atoms with van der Waals surface area (Å²) in [5.41, 5.74) is 3.03. The molecule has 1 aliphatic rings. The van der Waals surface area contributed by atoms with E-state index in [0.29, 0.717) is 41.2 Å². The Morgan fingerprint density at radius 3 is 2.38 bits per heavy atom. The molecule has 0 bridgehead atoms. The van der Waals surface area contributed by atoms with Gasteiger partial charge in [-0.3, -0.25) is 9.59 Å². The molecule has 0 atom stereocenters. The van der Waals surface area contributed by atoms with Crippen LogP contribution in [0.5, 0.6) is 0 Å². The van der Waals surface area contributed by atoms with Crippen LogP contribution in [-0.4, -0.2) is 34.3 Å². The Morgan fingerprint density at radius 1 is 1.06 bits per heavy atom. The normalized spacial score (nSPS) is 13.5. The Balaban J connectivity index is 1.57. The van der Waals surface area contributed by atoms with Gasteiger partial charge in [-0.05, 0) is 46.5 Å².